The number of carboxylic acids is 1. The fourth-order valence-corrected chi connectivity index (χ4v) is 10.2. The third-order valence-corrected chi connectivity index (χ3v) is 14.0. The van der Waals surface area contributed by atoms with Crippen LogP contribution in [-0.2, 0) is 23.4 Å². The van der Waals surface area contributed by atoms with Gasteiger partial charge in [0.05, 0.1) is 21.1 Å². The van der Waals surface area contributed by atoms with E-state index in [1.165, 1.54) is 42.1 Å². The highest BCUT2D eigenvalue weighted by Crippen LogP contribution is 2.53. The van der Waals surface area contributed by atoms with Gasteiger partial charge < -0.3 is 34.1 Å². The summed E-state index contributed by atoms with van der Waals surface area (Å²) in [5.74, 6) is -4.02. The first-order valence-corrected chi connectivity index (χ1v) is 22.4. The molecule has 6 heterocycles. The molecule has 0 unspecified atom stereocenters. The quantitative estimate of drug-likeness (QED) is 0.150. The van der Waals surface area contributed by atoms with Gasteiger partial charge in [0.2, 0.25) is 12.0 Å². The Morgan fingerprint density at radius 3 is 2.38 bits per heavy atom. The number of piperazine rings is 1. The Hall–Kier alpha value is -5.30. The molecule has 2 N–H and O–H groups in total. The van der Waals surface area contributed by atoms with Crippen LogP contribution in [0, 0.1) is 19.7 Å². The number of carboxylic acid groups (broad SMARTS) is 1. The Bertz CT molecular complexity index is 2760. The zero-order chi connectivity index (χ0) is 45.8. The zero-order valence-corrected chi connectivity index (χ0v) is 37.7. The molecule has 4 bridgehead atoms. The summed E-state index contributed by atoms with van der Waals surface area (Å²) in [6, 6.07) is 12.5. The number of aliphatic hydroxyl groups is 1. The first-order chi connectivity index (χ1) is 31.1. The molecule has 1 saturated carbocycles. The minimum Gasteiger partial charge on any atom is -0.490 e. The van der Waals surface area contributed by atoms with Gasteiger partial charge in [-0.15, -0.1) is 11.3 Å². The molecule has 1 saturated heterocycles. The van der Waals surface area contributed by atoms with Gasteiger partial charge in [-0.2, -0.15) is 0 Å². The lowest BCUT2D eigenvalue weighted by molar-refractivity contribution is -0.214. The molecule has 2 fully saturated rings. The predicted octanol–water partition coefficient (Wildman–Crippen LogP) is 8.54. The number of likely N-dealkylation sites (N-methyl/N-ethyl adjacent to an activating group) is 1. The Kier molecular flexibility index (Phi) is 12.3. The number of aliphatic carboxylic acids is 1. The molecule has 13 nitrogen and oxygen atoms in total. The van der Waals surface area contributed by atoms with Crippen LogP contribution in [0.25, 0.3) is 31.8 Å². The molecule has 0 amide bonds. The molecule has 340 valence electrons. The summed E-state index contributed by atoms with van der Waals surface area (Å²) in [7, 11) is 2.07. The number of rotatable bonds is 8. The average Bonchev–Trinajstić information content (AvgIpc) is 3.65. The molecular weight excluding hydrogens is 909 g/mol. The monoisotopic (exact) mass is 950 g/mol. The number of aromatic nitrogens is 4. The number of hydrogen-bond donors (Lipinski definition) is 2. The molecule has 65 heavy (non-hydrogen) atoms. The molecule has 19 heteroatoms. The maximum atomic E-state index is 14.3. The van der Waals surface area contributed by atoms with Crippen molar-refractivity contribution in [3.05, 3.63) is 105 Å². The summed E-state index contributed by atoms with van der Waals surface area (Å²) in [4.78, 5) is 36.4. The van der Waals surface area contributed by atoms with Crippen LogP contribution < -0.4 is 18.9 Å². The minimum atomic E-state index is -3.02. The van der Waals surface area contributed by atoms with Crippen LogP contribution in [0.5, 0.6) is 23.1 Å². The normalized spacial score (nSPS) is 19.7. The highest BCUT2D eigenvalue weighted by molar-refractivity contribution is 7.22. The fourth-order valence-electron chi connectivity index (χ4n) is 8.53. The number of carbonyl (C=O) groups is 1. The van der Waals surface area contributed by atoms with Crippen LogP contribution in [0.1, 0.15) is 41.1 Å². The predicted molar refractivity (Wildman–Crippen MR) is 238 cm³/mol. The number of fused-ring (bicyclic) bond motifs is 7. The van der Waals surface area contributed by atoms with Crippen LogP contribution in [0.15, 0.2) is 61.1 Å². The van der Waals surface area contributed by atoms with Crippen molar-refractivity contribution in [3.63, 3.8) is 0 Å². The van der Waals surface area contributed by atoms with Crippen LogP contribution in [-0.4, -0.2) is 110 Å². The van der Waals surface area contributed by atoms with E-state index >= 15 is 0 Å². The van der Waals surface area contributed by atoms with Gasteiger partial charge >= 0.3 is 5.97 Å². The third-order valence-electron chi connectivity index (χ3n) is 12.0. The highest BCUT2D eigenvalue weighted by atomic mass is 35.5. The number of benzene rings is 3. The Balaban J connectivity index is 1.16. The van der Waals surface area contributed by atoms with Gasteiger partial charge in [-0.1, -0.05) is 35.3 Å². The third kappa shape index (κ3) is 9.14. The van der Waals surface area contributed by atoms with E-state index in [1.807, 2.05) is 13.8 Å². The number of halogens is 5. The van der Waals surface area contributed by atoms with E-state index in [-0.39, 0.29) is 52.9 Å². The van der Waals surface area contributed by atoms with Crippen molar-refractivity contribution in [3.8, 4) is 44.7 Å². The Morgan fingerprint density at radius 2 is 1.69 bits per heavy atom. The summed E-state index contributed by atoms with van der Waals surface area (Å²) in [6.45, 7) is 7.35. The van der Waals surface area contributed by atoms with Gasteiger partial charge in [0.25, 0.3) is 5.92 Å². The summed E-state index contributed by atoms with van der Waals surface area (Å²) >= 11 is 15.9. The minimum absolute atomic E-state index is 0.0344. The Morgan fingerprint density at radius 1 is 0.969 bits per heavy atom. The van der Waals surface area contributed by atoms with E-state index in [2.05, 4.69) is 36.8 Å². The highest BCUT2D eigenvalue weighted by Gasteiger charge is 2.58. The number of hydrogen-bond acceptors (Lipinski definition) is 13. The second-order valence-electron chi connectivity index (χ2n) is 16.7. The van der Waals surface area contributed by atoms with E-state index in [9.17, 15) is 28.2 Å². The van der Waals surface area contributed by atoms with Crippen molar-refractivity contribution >= 4 is 50.7 Å². The van der Waals surface area contributed by atoms with E-state index in [0.29, 0.717) is 66.5 Å². The molecule has 0 radical (unpaired) electrons. The summed E-state index contributed by atoms with van der Waals surface area (Å²) in [6.07, 6.45) is -1.32. The van der Waals surface area contributed by atoms with Crippen molar-refractivity contribution in [2.24, 2.45) is 0 Å². The second kappa shape index (κ2) is 17.8. The SMILES string of the molecule is Cc1c(Cl)c2c(Cl)c(C)c1-c1c(-c3ccc(F)cc3)sc3ncnc(c13)O[C@@H](C(=O)O)Cc1cc(ccc1OCc1ccnc(C3(O)CC(F)(F)C3)n1)OC[C@@H](CN1CCN(C)CC1)O2. The number of nitrogens with zero attached hydrogens (tertiary/aromatic N) is 6. The number of ether oxygens (including phenoxy) is 4. The topological polar surface area (TPSA) is 152 Å². The lowest BCUT2D eigenvalue weighted by atomic mass is 9.76. The zero-order valence-electron chi connectivity index (χ0n) is 35.4. The van der Waals surface area contributed by atoms with Gasteiger partial charge in [0.15, 0.2) is 11.6 Å². The fraction of sp³-hybridized carbons (Fsp3) is 0.370. The van der Waals surface area contributed by atoms with Crippen LogP contribution >= 0.6 is 34.5 Å². The molecule has 3 aromatic heterocycles. The maximum absolute atomic E-state index is 14.3. The molecule has 0 spiro atoms. The van der Waals surface area contributed by atoms with Gasteiger partial charge in [-0.3, -0.25) is 4.90 Å². The van der Waals surface area contributed by atoms with Crippen molar-refractivity contribution < 1.29 is 47.1 Å². The van der Waals surface area contributed by atoms with Crippen LogP contribution in [0.2, 0.25) is 10.0 Å². The van der Waals surface area contributed by atoms with Crippen molar-refractivity contribution in [2.75, 3.05) is 46.4 Å². The van der Waals surface area contributed by atoms with Gasteiger partial charge in [-0.25, -0.2) is 37.9 Å². The van der Waals surface area contributed by atoms with Crippen molar-refractivity contribution in [1.82, 2.24) is 29.7 Å². The first-order valence-electron chi connectivity index (χ1n) is 20.9. The first kappa shape index (κ1) is 44.9. The lowest BCUT2D eigenvalue weighted by Gasteiger charge is -2.41. The maximum Gasteiger partial charge on any atom is 0.345 e. The van der Waals surface area contributed by atoms with E-state index < -0.39 is 48.4 Å². The molecule has 4 aliphatic rings. The van der Waals surface area contributed by atoms with Crippen LogP contribution in [0.4, 0.5) is 13.2 Å². The second-order valence-corrected chi connectivity index (χ2v) is 18.5. The molecule has 6 aromatic rings. The van der Waals surface area contributed by atoms with Gasteiger partial charge in [0, 0.05) is 74.2 Å². The van der Waals surface area contributed by atoms with Crippen molar-refractivity contribution in [2.45, 2.75) is 63.4 Å². The molecule has 10 rings (SSSR count). The number of alkyl halides is 2. The van der Waals surface area contributed by atoms with E-state index in [1.54, 1.807) is 30.3 Å². The Labute approximate surface area is 385 Å². The summed E-state index contributed by atoms with van der Waals surface area (Å²) in [5.41, 5.74) is 1.88. The number of thiophene rings is 1. The molecule has 3 aliphatic heterocycles. The molecule has 2 atom stereocenters. The van der Waals surface area contributed by atoms with Crippen LogP contribution in [0.3, 0.4) is 0 Å². The van der Waals surface area contributed by atoms with E-state index in [0.717, 1.165) is 26.2 Å². The summed E-state index contributed by atoms with van der Waals surface area (Å²) < 4.78 is 67.7. The van der Waals surface area contributed by atoms with Crippen molar-refractivity contribution in [1.29, 1.82) is 0 Å². The van der Waals surface area contributed by atoms with E-state index in [4.69, 9.17) is 42.1 Å². The largest absolute Gasteiger partial charge is 0.490 e. The average molecular weight is 952 g/mol. The standard InChI is InChI=1S/C46H43Cl2F3N6O7S/c1-24-34-25(2)38(48)39(37(24)47)63-31(18-57-14-12-56(3)13-15-57)20-61-30-8-9-32(62-19-29-10-11-52-44(55-29)45(60)21-46(50,51)22-45)27(16-30)17-33(43(58)59)64-41-36-35(34)40(65-42(36)54-23-53-41)26-4-6-28(49)7-5-26/h4-11,16,23,31,33,60H,12-15,17-22H2,1-3H3,(H,58,59)/t31-,33-/m1/s1. The molecule has 1 aliphatic carbocycles. The molecule has 3 aromatic carbocycles. The lowest BCUT2D eigenvalue weighted by Crippen LogP contribution is -2.50. The molecular formula is C46H43Cl2F3N6O7S. The van der Waals surface area contributed by atoms with Gasteiger partial charge in [0.1, 0.15) is 53.4 Å². The smallest absolute Gasteiger partial charge is 0.345 e. The van der Waals surface area contributed by atoms with Gasteiger partial charge in [-0.05, 0) is 79.5 Å². The summed E-state index contributed by atoms with van der Waals surface area (Å²) in [5, 5.41) is 22.5.